The number of likely N-dealkylation sites (tertiary alicyclic amines) is 1. The fourth-order valence-corrected chi connectivity index (χ4v) is 5.40. The number of hydrogen-bond acceptors (Lipinski definition) is 5. The number of nitrogens with zero attached hydrogens (tertiary/aromatic N) is 1. The lowest BCUT2D eigenvalue weighted by Crippen LogP contribution is -2.40. The van der Waals surface area contributed by atoms with Crippen LogP contribution in [-0.4, -0.2) is 60.1 Å². The number of amides is 1. The van der Waals surface area contributed by atoms with Gasteiger partial charge in [-0.25, -0.2) is 4.79 Å². The van der Waals surface area contributed by atoms with Gasteiger partial charge < -0.3 is 23.8 Å². The van der Waals surface area contributed by atoms with Crippen molar-refractivity contribution in [1.82, 2.24) is 4.90 Å². The molecule has 8 heteroatoms. The van der Waals surface area contributed by atoms with Crippen LogP contribution < -0.4 is 0 Å². The molecule has 134 valence electrons. The van der Waals surface area contributed by atoms with Crippen molar-refractivity contribution in [1.29, 1.82) is 0 Å². The van der Waals surface area contributed by atoms with Crippen molar-refractivity contribution >= 4 is 13.7 Å². The normalized spacial score (nSPS) is 27.0. The van der Waals surface area contributed by atoms with Gasteiger partial charge in [0.15, 0.2) is 0 Å². The van der Waals surface area contributed by atoms with Crippen molar-refractivity contribution in [3.8, 4) is 0 Å². The van der Waals surface area contributed by atoms with Crippen LogP contribution in [0.4, 0.5) is 4.79 Å². The molecule has 2 aliphatic heterocycles. The van der Waals surface area contributed by atoms with Crippen molar-refractivity contribution in [3.63, 3.8) is 0 Å². The summed E-state index contributed by atoms with van der Waals surface area (Å²) in [5.74, 6) is 0. The van der Waals surface area contributed by atoms with E-state index in [1.54, 1.807) is 32.6 Å². The summed E-state index contributed by atoms with van der Waals surface area (Å²) in [6.45, 7) is 8.94. The Morgan fingerprint density at radius 2 is 2.00 bits per heavy atom. The minimum atomic E-state index is -3.81. The summed E-state index contributed by atoms with van der Waals surface area (Å²) < 4.78 is 28.6. The first kappa shape index (κ1) is 18.7. The van der Waals surface area contributed by atoms with Gasteiger partial charge in [0.05, 0.1) is 12.3 Å². The third-order valence-electron chi connectivity index (χ3n) is 4.45. The lowest BCUT2D eigenvalue weighted by molar-refractivity contribution is 0.00751. The van der Waals surface area contributed by atoms with E-state index < -0.39 is 30.4 Å². The van der Waals surface area contributed by atoms with E-state index in [9.17, 15) is 14.3 Å². The van der Waals surface area contributed by atoms with Crippen LogP contribution in [-0.2, 0) is 18.6 Å². The summed E-state index contributed by atoms with van der Waals surface area (Å²) in [5.41, 5.74) is -1.62. The standard InChI is InChI=1S/C15H28NO6P/c1-5-21-23(18,19)12-10-16(13(17)22-14(2,3)4)11-15(12)6-8-20-9-7-15/h12H,5-11H2,1-4H3,(H,18,19). The maximum absolute atomic E-state index is 12.7. The van der Waals surface area contributed by atoms with E-state index in [-0.39, 0.29) is 13.2 Å². The molecule has 2 saturated heterocycles. The fourth-order valence-electron chi connectivity index (χ4n) is 3.41. The zero-order valence-electron chi connectivity index (χ0n) is 14.4. The first-order valence-corrected chi connectivity index (χ1v) is 9.77. The molecule has 0 aromatic rings. The van der Waals surface area contributed by atoms with Crippen LogP contribution >= 0.6 is 7.60 Å². The lowest BCUT2D eigenvalue weighted by Gasteiger charge is -2.38. The van der Waals surface area contributed by atoms with Crippen LogP contribution in [0, 0.1) is 5.41 Å². The first-order chi connectivity index (χ1) is 10.6. The molecule has 0 radical (unpaired) electrons. The van der Waals surface area contributed by atoms with E-state index >= 15 is 0 Å². The molecular weight excluding hydrogens is 321 g/mol. The average molecular weight is 349 g/mol. The summed E-state index contributed by atoms with van der Waals surface area (Å²) in [6, 6.07) is 0. The molecule has 1 N–H and O–H groups in total. The summed E-state index contributed by atoms with van der Waals surface area (Å²) in [5, 5.41) is 0. The molecule has 0 aliphatic carbocycles. The maximum atomic E-state index is 12.7. The SMILES string of the molecule is CCOP(=O)(O)C1CN(C(=O)OC(C)(C)C)CC12CCOCC2. The quantitative estimate of drug-likeness (QED) is 0.789. The molecule has 2 atom stereocenters. The Bertz CT molecular complexity index is 483. The Balaban J connectivity index is 2.22. The van der Waals surface area contributed by atoms with Gasteiger partial charge in [0.25, 0.3) is 0 Å². The third-order valence-corrected chi connectivity index (χ3v) is 6.58. The van der Waals surface area contributed by atoms with Gasteiger partial charge in [-0.05, 0) is 40.5 Å². The molecule has 1 amide bonds. The van der Waals surface area contributed by atoms with Crippen molar-refractivity contribution in [2.75, 3.05) is 32.9 Å². The second-order valence-corrected chi connectivity index (χ2v) is 9.34. The minimum Gasteiger partial charge on any atom is -0.444 e. The largest absolute Gasteiger partial charge is 0.444 e. The van der Waals surface area contributed by atoms with E-state index in [4.69, 9.17) is 14.0 Å². The highest BCUT2D eigenvalue weighted by molar-refractivity contribution is 7.53. The Hall–Kier alpha value is -0.620. The Morgan fingerprint density at radius 3 is 2.52 bits per heavy atom. The lowest BCUT2D eigenvalue weighted by atomic mass is 9.79. The van der Waals surface area contributed by atoms with Gasteiger partial charge in [-0.1, -0.05) is 0 Å². The monoisotopic (exact) mass is 349 g/mol. The second-order valence-electron chi connectivity index (χ2n) is 7.33. The maximum Gasteiger partial charge on any atom is 0.410 e. The zero-order valence-corrected chi connectivity index (χ0v) is 15.3. The number of carbonyl (C=O) groups is 1. The number of hydrogen-bond donors (Lipinski definition) is 1. The number of ether oxygens (including phenoxy) is 2. The van der Waals surface area contributed by atoms with Crippen molar-refractivity contribution in [3.05, 3.63) is 0 Å². The van der Waals surface area contributed by atoms with E-state index in [0.29, 0.717) is 32.6 Å². The van der Waals surface area contributed by atoms with Crippen LogP contribution in [0.15, 0.2) is 0 Å². The summed E-state index contributed by atoms with van der Waals surface area (Å²) in [4.78, 5) is 24.3. The minimum absolute atomic E-state index is 0.170. The highest BCUT2D eigenvalue weighted by Crippen LogP contribution is 2.60. The Kier molecular flexibility index (Phi) is 5.46. The summed E-state index contributed by atoms with van der Waals surface area (Å²) in [6.07, 6.45) is 0.853. The van der Waals surface area contributed by atoms with E-state index in [1.165, 1.54) is 0 Å². The van der Waals surface area contributed by atoms with Gasteiger partial charge in [-0.15, -0.1) is 0 Å². The molecule has 1 spiro atoms. The van der Waals surface area contributed by atoms with E-state index in [2.05, 4.69) is 0 Å². The molecule has 2 fully saturated rings. The fraction of sp³-hybridized carbons (Fsp3) is 0.933. The van der Waals surface area contributed by atoms with Gasteiger partial charge in [0, 0.05) is 31.7 Å². The van der Waals surface area contributed by atoms with Crippen LogP contribution in [0.1, 0.15) is 40.5 Å². The molecule has 7 nitrogen and oxygen atoms in total. The average Bonchev–Trinajstić information content (AvgIpc) is 2.78. The predicted molar refractivity (Wildman–Crippen MR) is 85.5 cm³/mol. The molecule has 0 bridgehead atoms. The molecule has 0 aromatic heterocycles. The van der Waals surface area contributed by atoms with Gasteiger partial charge in [-0.3, -0.25) is 4.57 Å². The number of carbonyl (C=O) groups excluding carboxylic acids is 1. The molecular formula is C15H28NO6P. The number of rotatable bonds is 3. The van der Waals surface area contributed by atoms with Crippen LogP contribution in [0.3, 0.4) is 0 Å². The highest BCUT2D eigenvalue weighted by atomic mass is 31.2. The van der Waals surface area contributed by atoms with Gasteiger partial charge in [0.2, 0.25) is 0 Å². The van der Waals surface area contributed by atoms with Gasteiger partial charge in [-0.2, -0.15) is 0 Å². The second kappa shape index (κ2) is 6.71. The van der Waals surface area contributed by atoms with Crippen LogP contribution in [0.2, 0.25) is 0 Å². The molecule has 2 unspecified atom stereocenters. The molecule has 2 rings (SSSR count). The zero-order chi connectivity index (χ0) is 17.3. The van der Waals surface area contributed by atoms with E-state index in [0.717, 1.165) is 0 Å². The van der Waals surface area contributed by atoms with Gasteiger partial charge >= 0.3 is 13.7 Å². The first-order valence-electron chi connectivity index (χ1n) is 8.12. The highest BCUT2D eigenvalue weighted by Gasteiger charge is 2.57. The summed E-state index contributed by atoms with van der Waals surface area (Å²) >= 11 is 0. The van der Waals surface area contributed by atoms with Crippen LogP contribution in [0.25, 0.3) is 0 Å². The van der Waals surface area contributed by atoms with Crippen LogP contribution in [0.5, 0.6) is 0 Å². The molecule has 2 heterocycles. The topological polar surface area (TPSA) is 85.3 Å². The molecule has 0 saturated carbocycles. The van der Waals surface area contributed by atoms with Crippen molar-refractivity contribution in [2.24, 2.45) is 5.41 Å². The predicted octanol–water partition coefficient (Wildman–Crippen LogP) is 2.62. The summed E-state index contributed by atoms with van der Waals surface area (Å²) in [7, 11) is -3.81. The van der Waals surface area contributed by atoms with Gasteiger partial charge in [0.1, 0.15) is 5.60 Å². The smallest absolute Gasteiger partial charge is 0.410 e. The molecule has 2 aliphatic rings. The molecule has 23 heavy (non-hydrogen) atoms. The van der Waals surface area contributed by atoms with Crippen molar-refractivity contribution in [2.45, 2.75) is 51.8 Å². The Morgan fingerprint density at radius 1 is 1.39 bits per heavy atom. The van der Waals surface area contributed by atoms with Crippen molar-refractivity contribution < 1.29 is 28.3 Å². The Labute approximate surface area is 137 Å². The van der Waals surface area contributed by atoms with E-state index in [1.807, 2.05) is 0 Å². The third kappa shape index (κ3) is 4.27. The molecule has 0 aromatic carbocycles.